The molecule has 0 aliphatic carbocycles. The lowest BCUT2D eigenvalue weighted by Crippen LogP contribution is -2.34. The van der Waals surface area contributed by atoms with Crippen LogP contribution in [0, 0.1) is 0 Å². The molecule has 0 spiro atoms. The van der Waals surface area contributed by atoms with Crippen molar-refractivity contribution in [3.8, 4) is 0 Å². The van der Waals surface area contributed by atoms with E-state index in [1.54, 1.807) is 11.4 Å². The van der Waals surface area contributed by atoms with Crippen LogP contribution in [0.1, 0.15) is 46.0 Å². The fraction of sp³-hybridized carbons (Fsp3) is 0.667. The summed E-state index contributed by atoms with van der Waals surface area (Å²) in [4.78, 5) is 0. The number of rotatable bonds is 8. The molecule has 0 saturated heterocycles. The van der Waals surface area contributed by atoms with E-state index in [-0.39, 0.29) is 6.04 Å². The molecule has 1 unspecified atom stereocenters. The van der Waals surface area contributed by atoms with Gasteiger partial charge in [-0.1, -0.05) is 33.1 Å². The second-order valence-electron chi connectivity index (χ2n) is 4.31. The predicted molar refractivity (Wildman–Crippen MR) is 80.6 cm³/mol. The zero-order valence-corrected chi connectivity index (χ0v) is 14.0. The molecule has 0 saturated carbocycles. The van der Waals surface area contributed by atoms with Crippen molar-refractivity contribution in [2.24, 2.45) is 0 Å². The molecule has 1 N–H and O–H groups in total. The summed E-state index contributed by atoms with van der Waals surface area (Å²) < 4.78 is 28.3. The van der Waals surface area contributed by atoms with Crippen LogP contribution in [0.4, 0.5) is 0 Å². The second kappa shape index (κ2) is 7.62. The largest absolute Gasteiger partial charge is 0.251 e. The van der Waals surface area contributed by atoms with Gasteiger partial charge in [-0.05, 0) is 40.2 Å². The summed E-state index contributed by atoms with van der Waals surface area (Å²) >= 11 is 4.52. The number of thiophene rings is 1. The molecule has 1 aromatic heterocycles. The summed E-state index contributed by atoms with van der Waals surface area (Å²) in [5, 5.41) is 1.78. The molecule has 0 aliphatic heterocycles. The first-order chi connectivity index (χ1) is 8.51. The minimum Gasteiger partial charge on any atom is -0.207 e. The third kappa shape index (κ3) is 4.64. The van der Waals surface area contributed by atoms with Crippen molar-refractivity contribution in [2.45, 2.75) is 56.2 Å². The average molecular weight is 354 g/mol. The van der Waals surface area contributed by atoms with E-state index in [2.05, 4.69) is 34.5 Å². The van der Waals surface area contributed by atoms with Gasteiger partial charge in [0.05, 0.1) is 0 Å². The summed E-state index contributed by atoms with van der Waals surface area (Å²) in [6.07, 6.45) is 4.93. The Morgan fingerprint density at radius 1 is 1.33 bits per heavy atom. The zero-order chi connectivity index (χ0) is 13.6. The molecule has 3 nitrogen and oxygen atoms in total. The first-order valence-corrected chi connectivity index (χ1v) is 9.42. The van der Waals surface area contributed by atoms with Crippen LogP contribution >= 0.6 is 27.3 Å². The molecule has 1 heterocycles. The highest BCUT2D eigenvalue weighted by molar-refractivity contribution is 9.10. The average Bonchev–Trinajstić information content (AvgIpc) is 2.73. The third-order valence-electron chi connectivity index (χ3n) is 2.69. The van der Waals surface area contributed by atoms with Gasteiger partial charge >= 0.3 is 0 Å². The Labute approximate surface area is 122 Å². The van der Waals surface area contributed by atoms with E-state index in [4.69, 9.17) is 0 Å². The Bertz CT molecular complexity index is 456. The molecule has 1 aromatic rings. The van der Waals surface area contributed by atoms with Gasteiger partial charge < -0.3 is 0 Å². The van der Waals surface area contributed by atoms with Gasteiger partial charge in [-0.25, -0.2) is 13.1 Å². The number of halogens is 1. The highest BCUT2D eigenvalue weighted by Gasteiger charge is 2.22. The molecule has 0 aromatic carbocycles. The number of hydrogen-bond acceptors (Lipinski definition) is 3. The van der Waals surface area contributed by atoms with Crippen LogP contribution in [0.2, 0.25) is 0 Å². The van der Waals surface area contributed by atoms with Crippen LogP contribution in [0.25, 0.3) is 0 Å². The lowest BCUT2D eigenvalue weighted by molar-refractivity contribution is 0.484. The number of hydrogen-bond donors (Lipinski definition) is 1. The smallest absolute Gasteiger partial charge is 0.207 e. The van der Waals surface area contributed by atoms with Crippen LogP contribution in [0.3, 0.4) is 0 Å². The van der Waals surface area contributed by atoms with Gasteiger partial charge in [-0.15, -0.1) is 11.3 Å². The standard InChI is InChI=1S/C12H20BrNO2S2/c1-3-5-7-10(6-4-2)14-18(15,16)12-11(13)8-9-17-12/h8-10,14H,3-7H2,1-2H3. The van der Waals surface area contributed by atoms with Crippen LogP contribution < -0.4 is 4.72 Å². The molecule has 0 radical (unpaired) electrons. The molecule has 0 aliphatic rings. The number of nitrogens with one attached hydrogen (secondary N) is 1. The Hall–Kier alpha value is 0.0900. The highest BCUT2D eigenvalue weighted by atomic mass is 79.9. The Morgan fingerprint density at radius 3 is 2.56 bits per heavy atom. The lowest BCUT2D eigenvalue weighted by Gasteiger charge is -2.17. The Kier molecular flexibility index (Phi) is 6.84. The van der Waals surface area contributed by atoms with Crippen LogP contribution in [-0.2, 0) is 10.0 Å². The van der Waals surface area contributed by atoms with Crippen molar-refractivity contribution in [1.82, 2.24) is 4.72 Å². The second-order valence-corrected chi connectivity index (χ2v) is 7.98. The highest BCUT2D eigenvalue weighted by Crippen LogP contribution is 2.28. The molecular formula is C12H20BrNO2S2. The maximum Gasteiger partial charge on any atom is 0.251 e. The molecule has 0 bridgehead atoms. The van der Waals surface area contributed by atoms with Crippen molar-refractivity contribution < 1.29 is 8.42 Å². The van der Waals surface area contributed by atoms with Gasteiger partial charge in [0.15, 0.2) is 0 Å². The fourth-order valence-electron chi connectivity index (χ4n) is 1.81. The fourth-order valence-corrected chi connectivity index (χ4v) is 5.46. The first kappa shape index (κ1) is 16.1. The van der Waals surface area contributed by atoms with Gasteiger partial charge in [-0.2, -0.15) is 0 Å². The topological polar surface area (TPSA) is 46.2 Å². The van der Waals surface area contributed by atoms with Crippen molar-refractivity contribution in [3.63, 3.8) is 0 Å². The van der Waals surface area contributed by atoms with Crippen LogP contribution in [0.15, 0.2) is 20.1 Å². The molecule has 104 valence electrons. The van der Waals surface area contributed by atoms with Crippen molar-refractivity contribution >= 4 is 37.3 Å². The van der Waals surface area contributed by atoms with E-state index in [1.807, 2.05) is 0 Å². The lowest BCUT2D eigenvalue weighted by atomic mass is 10.1. The van der Waals surface area contributed by atoms with Gasteiger partial charge in [-0.3, -0.25) is 0 Å². The monoisotopic (exact) mass is 353 g/mol. The summed E-state index contributed by atoms with van der Waals surface area (Å²) in [7, 11) is -3.38. The predicted octanol–water partition coefficient (Wildman–Crippen LogP) is 4.15. The summed E-state index contributed by atoms with van der Waals surface area (Å²) in [6, 6.07) is 1.81. The molecule has 1 rings (SSSR count). The van der Waals surface area contributed by atoms with Crippen molar-refractivity contribution in [3.05, 3.63) is 15.9 Å². The molecule has 0 fully saturated rings. The van der Waals surface area contributed by atoms with E-state index in [0.717, 1.165) is 32.1 Å². The van der Waals surface area contributed by atoms with Crippen molar-refractivity contribution in [2.75, 3.05) is 0 Å². The van der Waals surface area contributed by atoms with E-state index < -0.39 is 10.0 Å². The van der Waals surface area contributed by atoms with E-state index in [1.165, 1.54) is 11.3 Å². The molecule has 18 heavy (non-hydrogen) atoms. The zero-order valence-electron chi connectivity index (χ0n) is 10.8. The maximum absolute atomic E-state index is 12.2. The van der Waals surface area contributed by atoms with E-state index in [0.29, 0.717) is 8.68 Å². The van der Waals surface area contributed by atoms with Gasteiger partial charge in [0.25, 0.3) is 10.0 Å². The van der Waals surface area contributed by atoms with Crippen LogP contribution in [-0.4, -0.2) is 14.5 Å². The number of unbranched alkanes of at least 4 members (excludes halogenated alkanes) is 1. The maximum atomic E-state index is 12.2. The summed E-state index contributed by atoms with van der Waals surface area (Å²) in [5.41, 5.74) is 0. The minimum absolute atomic E-state index is 0.0500. The minimum atomic E-state index is -3.38. The van der Waals surface area contributed by atoms with E-state index >= 15 is 0 Å². The summed E-state index contributed by atoms with van der Waals surface area (Å²) in [6.45, 7) is 4.20. The molecule has 6 heteroatoms. The van der Waals surface area contributed by atoms with Gasteiger partial charge in [0.2, 0.25) is 0 Å². The van der Waals surface area contributed by atoms with Crippen LogP contribution in [0.5, 0.6) is 0 Å². The Morgan fingerprint density at radius 2 is 2.06 bits per heavy atom. The quantitative estimate of drug-likeness (QED) is 0.762. The van der Waals surface area contributed by atoms with Gasteiger partial charge in [0, 0.05) is 10.5 Å². The molecular weight excluding hydrogens is 334 g/mol. The Balaban J connectivity index is 2.76. The molecule has 1 atom stereocenters. The van der Waals surface area contributed by atoms with E-state index in [9.17, 15) is 8.42 Å². The number of sulfonamides is 1. The van der Waals surface area contributed by atoms with Gasteiger partial charge in [0.1, 0.15) is 4.21 Å². The SMILES string of the molecule is CCCCC(CCC)NS(=O)(=O)c1sccc1Br. The first-order valence-electron chi connectivity index (χ1n) is 6.26. The third-order valence-corrected chi connectivity index (χ3v) is 6.88. The summed E-state index contributed by atoms with van der Waals surface area (Å²) in [5.74, 6) is 0. The normalized spacial score (nSPS) is 13.7. The van der Waals surface area contributed by atoms with Crippen molar-refractivity contribution in [1.29, 1.82) is 0 Å². The molecule has 0 amide bonds.